The molecule has 0 aromatic carbocycles. The molecule has 0 amide bonds. The van der Waals surface area contributed by atoms with Gasteiger partial charge in [0.2, 0.25) is 0 Å². The smallest absolute Gasteiger partial charge is 0.0137 e. The molecule has 0 fully saturated rings. The number of hydrogen-bond donors (Lipinski definition) is 2. The number of rotatable bonds is 7. The topological polar surface area (TPSA) is 38.0 Å². The van der Waals surface area contributed by atoms with Crippen molar-refractivity contribution in [3.8, 4) is 0 Å². The SMILES string of the molecule is CCCC(C)(C)CNC(C)(C)CCN. The second-order valence-electron chi connectivity index (χ2n) is 5.69. The molecular formula is C12H28N2. The average molecular weight is 200 g/mol. The Bertz CT molecular complexity index is 132. The highest BCUT2D eigenvalue weighted by molar-refractivity contribution is 4.81. The van der Waals surface area contributed by atoms with E-state index in [1.54, 1.807) is 0 Å². The van der Waals surface area contributed by atoms with Crippen molar-refractivity contribution in [1.29, 1.82) is 0 Å². The van der Waals surface area contributed by atoms with Crippen LogP contribution in [0.25, 0.3) is 0 Å². The van der Waals surface area contributed by atoms with E-state index in [0.717, 1.165) is 19.5 Å². The monoisotopic (exact) mass is 200 g/mol. The summed E-state index contributed by atoms with van der Waals surface area (Å²) in [5.74, 6) is 0. The zero-order valence-corrected chi connectivity index (χ0v) is 10.6. The van der Waals surface area contributed by atoms with Crippen LogP contribution in [-0.2, 0) is 0 Å². The summed E-state index contributed by atoms with van der Waals surface area (Å²) in [5.41, 5.74) is 6.16. The van der Waals surface area contributed by atoms with E-state index in [4.69, 9.17) is 5.73 Å². The highest BCUT2D eigenvalue weighted by atomic mass is 15.0. The molecule has 0 bridgehead atoms. The van der Waals surface area contributed by atoms with Crippen molar-refractivity contribution in [3.63, 3.8) is 0 Å². The van der Waals surface area contributed by atoms with E-state index < -0.39 is 0 Å². The van der Waals surface area contributed by atoms with Crippen molar-refractivity contribution in [1.82, 2.24) is 5.32 Å². The van der Waals surface area contributed by atoms with E-state index in [1.807, 2.05) is 0 Å². The predicted molar refractivity (Wildman–Crippen MR) is 64.4 cm³/mol. The second-order valence-corrected chi connectivity index (χ2v) is 5.69. The molecule has 0 saturated heterocycles. The van der Waals surface area contributed by atoms with Crippen molar-refractivity contribution in [2.75, 3.05) is 13.1 Å². The first-order valence-corrected chi connectivity index (χ1v) is 5.78. The minimum Gasteiger partial charge on any atom is -0.330 e. The van der Waals surface area contributed by atoms with Gasteiger partial charge in [0.25, 0.3) is 0 Å². The first kappa shape index (κ1) is 13.9. The van der Waals surface area contributed by atoms with Crippen LogP contribution in [0, 0.1) is 5.41 Å². The maximum Gasteiger partial charge on any atom is 0.0137 e. The van der Waals surface area contributed by atoms with Gasteiger partial charge in [-0.3, -0.25) is 0 Å². The van der Waals surface area contributed by atoms with Gasteiger partial charge in [-0.05, 0) is 38.6 Å². The van der Waals surface area contributed by atoms with Crippen LogP contribution in [-0.4, -0.2) is 18.6 Å². The highest BCUT2D eigenvalue weighted by Crippen LogP contribution is 2.22. The Kier molecular flexibility index (Phi) is 5.68. The third-order valence-corrected chi connectivity index (χ3v) is 2.74. The third-order valence-electron chi connectivity index (χ3n) is 2.74. The van der Waals surface area contributed by atoms with Gasteiger partial charge < -0.3 is 11.1 Å². The van der Waals surface area contributed by atoms with Crippen molar-refractivity contribution >= 4 is 0 Å². The van der Waals surface area contributed by atoms with Gasteiger partial charge in [0.1, 0.15) is 0 Å². The summed E-state index contributed by atoms with van der Waals surface area (Å²) >= 11 is 0. The lowest BCUT2D eigenvalue weighted by Crippen LogP contribution is -2.45. The van der Waals surface area contributed by atoms with Gasteiger partial charge in [-0.1, -0.05) is 27.2 Å². The Morgan fingerprint density at radius 3 is 2.07 bits per heavy atom. The molecule has 0 saturated carbocycles. The van der Waals surface area contributed by atoms with Gasteiger partial charge in [-0.15, -0.1) is 0 Å². The fourth-order valence-corrected chi connectivity index (χ4v) is 1.69. The minimum atomic E-state index is 0.180. The molecule has 14 heavy (non-hydrogen) atoms. The van der Waals surface area contributed by atoms with E-state index in [0.29, 0.717) is 5.41 Å². The normalized spacial score (nSPS) is 13.3. The van der Waals surface area contributed by atoms with Gasteiger partial charge in [-0.2, -0.15) is 0 Å². The molecule has 0 aliphatic heterocycles. The quantitative estimate of drug-likeness (QED) is 0.663. The fourth-order valence-electron chi connectivity index (χ4n) is 1.69. The summed E-state index contributed by atoms with van der Waals surface area (Å²) < 4.78 is 0. The summed E-state index contributed by atoms with van der Waals surface area (Å²) in [5, 5.41) is 3.60. The molecular weight excluding hydrogens is 172 g/mol. The van der Waals surface area contributed by atoms with Gasteiger partial charge in [0.15, 0.2) is 0 Å². The lowest BCUT2D eigenvalue weighted by atomic mass is 9.86. The largest absolute Gasteiger partial charge is 0.330 e. The van der Waals surface area contributed by atoms with Crippen LogP contribution in [0.3, 0.4) is 0 Å². The predicted octanol–water partition coefficient (Wildman–Crippen LogP) is 2.53. The molecule has 0 atom stereocenters. The van der Waals surface area contributed by atoms with E-state index in [1.165, 1.54) is 12.8 Å². The van der Waals surface area contributed by atoms with Crippen molar-refractivity contribution in [3.05, 3.63) is 0 Å². The molecule has 0 heterocycles. The summed E-state index contributed by atoms with van der Waals surface area (Å²) in [6.45, 7) is 13.2. The van der Waals surface area contributed by atoms with E-state index in [9.17, 15) is 0 Å². The van der Waals surface area contributed by atoms with Crippen LogP contribution in [0.5, 0.6) is 0 Å². The van der Waals surface area contributed by atoms with Gasteiger partial charge in [-0.25, -0.2) is 0 Å². The Balaban J connectivity index is 3.90. The maximum absolute atomic E-state index is 5.57. The molecule has 0 radical (unpaired) electrons. The van der Waals surface area contributed by atoms with E-state index >= 15 is 0 Å². The van der Waals surface area contributed by atoms with Crippen molar-refractivity contribution in [2.24, 2.45) is 11.1 Å². The standard InChI is InChI=1S/C12H28N2/c1-6-7-11(2,3)10-14-12(4,5)8-9-13/h14H,6-10,13H2,1-5H3. The summed E-state index contributed by atoms with van der Waals surface area (Å²) in [7, 11) is 0. The van der Waals surface area contributed by atoms with Crippen LogP contribution in [0.1, 0.15) is 53.9 Å². The molecule has 2 nitrogen and oxygen atoms in total. The lowest BCUT2D eigenvalue weighted by molar-refractivity contribution is 0.255. The average Bonchev–Trinajstić information content (AvgIpc) is 2.01. The van der Waals surface area contributed by atoms with Crippen LogP contribution in [0.15, 0.2) is 0 Å². The Morgan fingerprint density at radius 2 is 1.64 bits per heavy atom. The number of nitrogens with two attached hydrogens (primary N) is 1. The van der Waals surface area contributed by atoms with Crippen LogP contribution in [0.2, 0.25) is 0 Å². The molecule has 2 heteroatoms. The molecule has 0 aromatic rings. The van der Waals surface area contributed by atoms with Crippen molar-refractivity contribution in [2.45, 2.75) is 59.4 Å². The van der Waals surface area contributed by atoms with Gasteiger partial charge in [0, 0.05) is 12.1 Å². The first-order chi connectivity index (χ1) is 6.33. The van der Waals surface area contributed by atoms with Crippen LogP contribution < -0.4 is 11.1 Å². The molecule has 0 aliphatic carbocycles. The first-order valence-electron chi connectivity index (χ1n) is 5.78. The van der Waals surface area contributed by atoms with Crippen LogP contribution >= 0.6 is 0 Å². The maximum atomic E-state index is 5.57. The molecule has 0 rings (SSSR count). The molecule has 0 unspecified atom stereocenters. The molecule has 86 valence electrons. The van der Waals surface area contributed by atoms with Gasteiger partial charge >= 0.3 is 0 Å². The summed E-state index contributed by atoms with van der Waals surface area (Å²) in [4.78, 5) is 0. The Morgan fingerprint density at radius 1 is 1.07 bits per heavy atom. The highest BCUT2D eigenvalue weighted by Gasteiger charge is 2.22. The minimum absolute atomic E-state index is 0.180. The fraction of sp³-hybridized carbons (Fsp3) is 1.00. The molecule has 0 aromatic heterocycles. The number of nitrogens with one attached hydrogen (secondary N) is 1. The van der Waals surface area contributed by atoms with Gasteiger partial charge in [0.05, 0.1) is 0 Å². The summed E-state index contributed by atoms with van der Waals surface area (Å²) in [6, 6.07) is 0. The Labute approximate surface area is 89.6 Å². The molecule has 0 spiro atoms. The zero-order valence-electron chi connectivity index (χ0n) is 10.6. The van der Waals surface area contributed by atoms with E-state index in [2.05, 4.69) is 39.9 Å². The summed E-state index contributed by atoms with van der Waals surface area (Å²) in [6.07, 6.45) is 3.57. The molecule has 3 N–H and O–H groups in total. The van der Waals surface area contributed by atoms with Crippen LogP contribution in [0.4, 0.5) is 0 Å². The lowest BCUT2D eigenvalue weighted by Gasteiger charge is -2.32. The van der Waals surface area contributed by atoms with Crippen molar-refractivity contribution < 1.29 is 0 Å². The molecule has 0 aliphatic rings. The zero-order chi connectivity index (χ0) is 11.2. The van der Waals surface area contributed by atoms with E-state index in [-0.39, 0.29) is 5.54 Å². The third kappa shape index (κ3) is 6.39. The Hall–Kier alpha value is -0.0800. The second kappa shape index (κ2) is 5.72. The number of hydrogen-bond acceptors (Lipinski definition) is 2.